The summed E-state index contributed by atoms with van der Waals surface area (Å²) in [5.74, 6) is -0.682. The molecule has 0 aliphatic heterocycles. The number of nitrogens with one attached hydrogen (secondary N) is 3. The highest BCUT2D eigenvalue weighted by atomic mass is 32.2. The fraction of sp³-hybridized carbons (Fsp3) is 0.176. The Kier molecular flexibility index (Phi) is 5.43. The Morgan fingerprint density at radius 3 is 2.28 bits per heavy atom. The SMILES string of the molecule is CC(=O)Nc1cc(NC(=O)c2ccccc2NS(C)(=O)=O)ccc1C. The lowest BCUT2D eigenvalue weighted by atomic mass is 10.1. The van der Waals surface area contributed by atoms with Crippen LogP contribution in [0.3, 0.4) is 0 Å². The lowest BCUT2D eigenvalue weighted by Crippen LogP contribution is -2.17. The van der Waals surface area contributed by atoms with Crippen molar-refractivity contribution in [3.05, 3.63) is 53.6 Å². The number of carbonyl (C=O) groups excluding carboxylic acids is 2. The molecule has 8 heteroatoms. The molecule has 2 aromatic carbocycles. The van der Waals surface area contributed by atoms with E-state index in [1.54, 1.807) is 30.3 Å². The molecule has 3 N–H and O–H groups in total. The van der Waals surface area contributed by atoms with E-state index < -0.39 is 15.9 Å². The van der Waals surface area contributed by atoms with Gasteiger partial charge in [-0.05, 0) is 36.8 Å². The van der Waals surface area contributed by atoms with Crippen molar-refractivity contribution < 1.29 is 18.0 Å². The van der Waals surface area contributed by atoms with Gasteiger partial charge in [0.25, 0.3) is 5.91 Å². The number of para-hydroxylation sites is 1. The molecule has 0 heterocycles. The zero-order valence-corrected chi connectivity index (χ0v) is 14.9. The van der Waals surface area contributed by atoms with Crippen molar-refractivity contribution in [3.63, 3.8) is 0 Å². The normalized spacial score (nSPS) is 10.8. The minimum absolute atomic E-state index is 0.189. The number of anilines is 3. The largest absolute Gasteiger partial charge is 0.326 e. The molecule has 2 rings (SSSR count). The summed E-state index contributed by atoms with van der Waals surface area (Å²) in [7, 11) is -3.51. The quantitative estimate of drug-likeness (QED) is 0.761. The molecule has 0 aliphatic rings. The van der Waals surface area contributed by atoms with Gasteiger partial charge in [0.15, 0.2) is 0 Å². The Balaban J connectivity index is 2.27. The summed E-state index contributed by atoms with van der Waals surface area (Å²) < 4.78 is 25.2. The Morgan fingerprint density at radius 2 is 1.64 bits per heavy atom. The van der Waals surface area contributed by atoms with Crippen molar-refractivity contribution in [2.75, 3.05) is 21.6 Å². The Bertz CT molecular complexity index is 923. The van der Waals surface area contributed by atoms with Gasteiger partial charge in [0.2, 0.25) is 15.9 Å². The van der Waals surface area contributed by atoms with Crippen molar-refractivity contribution in [2.45, 2.75) is 13.8 Å². The number of sulfonamides is 1. The van der Waals surface area contributed by atoms with Crippen LogP contribution in [0.4, 0.5) is 17.1 Å². The second-order valence-electron chi connectivity index (χ2n) is 5.58. The average Bonchev–Trinajstić information content (AvgIpc) is 2.49. The lowest BCUT2D eigenvalue weighted by molar-refractivity contribution is -0.114. The van der Waals surface area contributed by atoms with Crippen LogP contribution in [-0.2, 0) is 14.8 Å². The third-order valence-corrected chi connectivity index (χ3v) is 3.86. The highest BCUT2D eigenvalue weighted by molar-refractivity contribution is 7.92. The second kappa shape index (κ2) is 7.35. The molecule has 0 radical (unpaired) electrons. The predicted molar refractivity (Wildman–Crippen MR) is 98.3 cm³/mol. The van der Waals surface area contributed by atoms with Gasteiger partial charge >= 0.3 is 0 Å². The molecule has 25 heavy (non-hydrogen) atoms. The second-order valence-corrected chi connectivity index (χ2v) is 7.33. The van der Waals surface area contributed by atoms with Crippen molar-refractivity contribution in [2.24, 2.45) is 0 Å². The van der Waals surface area contributed by atoms with Gasteiger partial charge in [0.05, 0.1) is 17.5 Å². The topological polar surface area (TPSA) is 104 Å². The number of aryl methyl sites for hydroxylation is 1. The molecule has 7 nitrogen and oxygen atoms in total. The fourth-order valence-corrected chi connectivity index (χ4v) is 2.77. The first-order valence-electron chi connectivity index (χ1n) is 7.42. The van der Waals surface area contributed by atoms with Crippen LogP contribution in [0, 0.1) is 6.92 Å². The maximum Gasteiger partial charge on any atom is 0.257 e. The maximum absolute atomic E-state index is 12.5. The summed E-state index contributed by atoms with van der Waals surface area (Å²) in [6.45, 7) is 3.24. The molecule has 132 valence electrons. The number of hydrogen-bond acceptors (Lipinski definition) is 4. The lowest BCUT2D eigenvalue weighted by Gasteiger charge is -2.13. The number of benzene rings is 2. The van der Waals surface area contributed by atoms with E-state index >= 15 is 0 Å². The monoisotopic (exact) mass is 361 g/mol. The van der Waals surface area contributed by atoms with Crippen LogP contribution < -0.4 is 15.4 Å². The van der Waals surface area contributed by atoms with Gasteiger partial charge in [-0.3, -0.25) is 14.3 Å². The molecule has 0 spiro atoms. The summed E-state index contributed by atoms with van der Waals surface area (Å²) in [4.78, 5) is 23.7. The zero-order chi connectivity index (χ0) is 18.6. The number of amides is 2. The number of carbonyl (C=O) groups is 2. The van der Waals surface area contributed by atoms with E-state index in [1.807, 2.05) is 6.92 Å². The Labute approximate surface area is 146 Å². The Morgan fingerprint density at radius 1 is 0.960 bits per heavy atom. The minimum atomic E-state index is -3.51. The van der Waals surface area contributed by atoms with Crippen molar-refractivity contribution in [3.8, 4) is 0 Å². The van der Waals surface area contributed by atoms with Crippen LogP contribution in [0.25, 0.3) is 0 Å². The van der Waals surface area contributed by atoms with Crippen molar-refractivity contribution in [1.29, 1.82) is 0 Å². The molecular formula is C17H19N3O4S. The van der Waals surface area contributed by atoms with Crippen LogP contribution in [-0.4, -0.2) is 26.5 Å². The van der Waals surface area contributed by atoms with Crippen LogP contribution >= 0.6 is 0 Å². The van der Waals surface area contributed by atoms with E-state index in [0.717, 1.165) is 11.8 Å². The van der Waals surface area contributed by atoms with Crippen LogP contribution in [0.1, 0.15) is 22.8 Å². The summed E-state index contributed by atoms with van der Waals surface area (Å²) in [6.07, 6.45) is 1.02. The molecular weight excluding hydrogens is 342 g/mol. The highest BCUT2D eigenvalue weighted by Gasteiger charge is 2.14. The van der Waals surface area contributed by atoms with Crippen LogP contribution in [0.15, 0.2) is 42.5 Å². The van der Waals surface area contributed by atoms with Gasteiger partial charge in [-0.1, -0.05) is 18.2 Å². The summed E-state index contributed by atoms with van der Waals surface area (Å²) in [6, 6.07) is 11.4. The maximum atomic E-state index is 12.5. The van der Waals surface area contributed by atoms with Crippen molar-refractivity contribution in [1.82, 2.24) is 0 Å². The van der Waals surface area contributed by atoms with Gasteiger partial charge in [-0.2, -0.15) is 0 Å². The first-order chi connectivity index (χ1) is 11.7. The molecule has 0 saturated heterocycles. The number of rotatable bonds is 5. The smallest absolute Gasteiger partial charge is 0.257 e. The van der Waals surface area contributed by atoms with E-state index in [9.17, 15) is 18.0 Å². The third-order valence-electron chi connectivity index (χ3n) is 3.27. The van der Waals surface area contributed by atoms with E-state index in [0.29, 0.717) is 11.4 Å². The number of hydrogen-bond donors (Lipinski definition) is 3. The van der Waals surface area contributed by atoms with E-state index in [4.69, 9.17) is 0 Å². The zero-order valence-electron chi connectivity index (χ0n) is 14.1. The molecule has 0 aromatic heterocycles. The van der Waals surface area contributed by atoms with Gasteiger partial charge in [0.1, 0.15) is 0 Å². The molecule has 2 amide bonds. The highest BCUT2D eigenvalue weighted by Crippen LogP contribution is 2.22. The molecule has 2 aromatic rings. The van der Waals surface area contributed by atoms with E-state index in [1.165, 1.54) is 19.1 Å². The van der Waals surface area contributed by atoms with Crippen molar-refractivity contribution >= 4 is 38.9 Å². The van der Waals surface area contributed by atoms with Gasteiger partial charge in [-0.15, -0.1) is 0 Å². The summed E-state index contributed by atoms with van der Waals surface area (Å²) in [5, 5.41) is 5.39. The van der Waals surface area contributed by atoms with Gasteiger partial charge < -0.3 is 10.6 Å². The molecule has 0 unspecified atom stereocenters. The van der Waals surface area contributed by atoms with Crippen LogP contribution in [0.2, 0.25) is 0 Å². The fourth-order valence-electron chi connectivity index (χ4n) is 2.19. The molecule has 0 aliphatic carbocycles. The molecule has 0 fully saturated rings. The van der Waals surface area contributed by atoms with Gasteiger partial charge in [0, 0.05) is 18.3 Å². The first-order valence-corrected chi connectivity index (χ1v) is 9.31. The van der Waals surface area contributed by atoms with E-state index in [-0.39, 0.29) is 17.2 Å². The first kappa shape index (κ1) is 18.5. The minimum Gasteiger partial charge on any atom is -0.326 e. The predicted octanol–water partition coefficient (Wildman–Crippen LogP) is 2.58. The standard InChI is InChI=1S/C17H19N3O4S/c1-11-8-9-13(10-16(11)18-12(2)21)19-17(22)14-6-4-5-7-15(14)20-25(3,23)24/h4-10,20H,1-3H3,(H,18,21)(H,19,22). The van der Waals surface area contributed by atoms with Gasteiger partial charge in [-0.25, -0.2) is 8.42 Å². The Hall–Kier alpha value is -2.87. The van der Waals surface area contributed by atoms with E-state index in [2.05, 4.69) is 15.4 Å². The molecule has 0 atom stereocenters. The molecule has 0 bridgehead atoms. The third kappa shape index (κ3) is 5.32. The molecule has 0 saturated carbocycles. The van der Waals surface area contributed by atoms with Crippen LogP contribution in [0.5, 0.6) is 0 Å². The summed E-state index contributed by atoms with van der Waals surface area (Å²) >= 11 is 0. The average molecular weight is 361 g/mol. The summed E-state index contributed by atoms with van der Waals surface area (Å²) in [5.41, 5.74) is 2.31.